The number of rotatable bonds is 7. The molecule has 0 unspecified atom stereocenters. The summed E-state index contributed by atoms with van der Waals surface area (Å²) >= 11 is 0. The zero-order valence-electron chi connectivity index (χ0n) is 15.1. The lowest BCUT2D eigenvalue weighted by Gasteiger charge is -2.16. The van der Waals surface area contributed by atoms with Crippen molar-refractivity contribution < 1.29 is 23.1 Å². The fraction of sp³-hybridized carbons (Fsp3) is 0.150. The molecule has 0 spiro atoms. The van der Waals surface area contributed by atoms with Crippen molar-refractivity contribution >= 4 is 23.4 Å². The summed E-state index contributed by atoms with van der Waals surface area (Å²) in [6.07, 6.45) is 2.97. The average Bonchev–Trinajstić information content (AvgIpc) is 3.21. The number of benzene rings is 1. The van der Waals surface area contributed by atoms with E-state index in [0.717, 1.165) is 0 Å². The number of likely N-dealkylation sites (N-methyl/N-ethyl adjacent to an activating group) is 1. The van der Waals surface area contributed by atoms with Gasteiger partial charge in [-0.2, -0.15) is 0 Å². The summed E-state index contributed by atoms with van der Waals surface area (Å²) in [6.45, 7) is -0.180. The van der Waals surface area contributed by atoms with Crippen LogP contribution in [0.25, 0.3) is 0 Å². The first-order valence-corrected chi connectivity index (χ1v) is 8.44. The summed E-state index contributed by atoms with van der Waals surface area (Å²) < 4.78 is 24.1. The molecule has 0 aliphatic heterocycles. The van der Waals surface area contributed by atoms with Gasteiger partial charge in [0, 0.05) is 13.2 Å². The second kappa shape index (κ2) is 8.81. The fourth-order valence-corrected chi connectivity index (χ4v) is 2.40. The Labute approximate surface area is 160 Å². The standard InChI is InChI=1S/C20H18FN3O4/c1-24(12-14-6-5-11-27-14)18(25)13-28-20(26)15-7-4-10-22-19(15)23-17-9-3-2-8-16(17)21/h2-11H,12-13H2,1H3,(H,22,23). The van der Waals surface area contributed by atoms with Gasteiger partial charge in [-0.15, -0.1) is 0 Å². The lowest BCUT2D eigenvalue weighted by atomic mass is 10.2. The van der Waals surface area contributed by atoms with Crippen molar-refractivity contribution in [2.24, 2.45) is 0 Å². The van der Waals surface area contributed by atoms with Gasteiger partial charge >= 0.3 is 5.97 Å². The number of carbonyl (C=O) groups is 2. The number of esters is 1. The Morgan fingerprint density at radius 1 is 1.18 bits per heavy atom. The third-order valence-electron chi connectivity index (χ3n) is 3.88. The van der Waals surface area contributed by atoms with Gasteiger partial charge in [0.25, 0.3) is 5.91 Å². The van der Waals surface area contributed by atoms with Crippen molar-refractivity contribution in [1.29, 1.82) is 0 Å². The number of nitrogens with zero attached hydrogens (tertiary/aromatic N) is 2. The number of anilines is 2. The van der Waals surface area contributed by atoms with Crippen LogP contribution >= 0.6 is 0 Å². The summed E-state index contributed by atoms with van der Waals surface area (Å²) in [5, 5.41) is 2.77. The minimum absolute atomic E-state index is 0.0900. The zero-order chi connectivity index (χ0) is 19.9. The van der Waals surface area contributed by atoms with E-state index in [-0.39, 0.29) is 23.6 Å². The van der Waals surface area contributed by atoms with Crippen LogP contribution in [0.3, 0.4) is 0 Å². The summed E-state index contributed by atoms with van der Waals surface area (Å²) in [6, 6.07) is 12.5. The highest BCUT2D eigenvalue weighted by atomic mass is 19.1. The predicted octanol–water partition coefficient (Wildman–Crippen LogP) is 3.37. The Morgan fingerprint density at radius 2 is 2.00 bits per heavy atom. The molecule has 28 heavy (non-hydrogen) atoms. The van der Waals surface area contributed by atoms with Crippen molar-refractivity contribution in [1.82, 2.24) is 9.88 Å². The van der Waals surface area contributed by atoms with E-state index in [9.17, 15) is 14.0 Å². The molecule has 3 rings (SSSR count). The molecule has 3 aromatic rings. The summed E-state index contributed by atoms with van der Waals surface area (Å²) in [5.41, 5.74) is 0.261. The van der Waals surface area contributed by atoms with Crippen LogP contribution in [-0.2, 0) is 16.1 Å². The molecular weight excluding hydrogens is 365 g/mol. The molecule has 0 fully saturated rings. The summed E-state index contributed by atoms with van der Waals surface area (Å²) in [4.78, 5) is 30.0. The molecule has 0 atom stereocenters. The summed E-state index contributed by atoms with van der Waals surface area (Å²) in [5.74, 6) is -0.870. The normalized spacial score (nSPS) is 10.4. The molecule has 1 aromatic carbocycles. The van der Waals surface area contributed by atoms with E-state index in [4.69, 9.17) is 9.15 Å². The SMILES string of the molecule is CN(Cc1ccco1)C(=O)COC(=O)c1cccnc1Nc1ccccc1F. The van der Waals surface area contributed by atoms with E-state index < -0.39 is 24.3 Å². The van der Waals surface area contributed by atoms with Gasteiger partial charge < -0.3 is 19.4 Å². The second-order valence-corrected chi connectivity index (χ2v) is 5.91. The molecule has 0 saturated heterocycles. The Hall–Kier alpha value is -3.68. The number of pyridine rings is 1. The molecule has 1 N–H and O–H groups in total. The van der Waals surface area contributed by atoms with Crippen molar-refractivity contribution in [3.63, 3.8) is 0 Å². The number of hydrogen-bond acceptors (Lipinski definition) is 6. The summed E-state index contributed by atoms with van der Waals surface area (Å²) in [7, 11) is 1.58. The van der Waals surface area contributed by atoms with Crippen molar-refractivity contribution in [3.05, 3.63) is 78.1 Å². The van der Waals surface area contributed by atoms with Crippen LogP contribution < -0.4 is 5.32 Å². The van der Waals surface area contributed by atoms with Crippen LogP contribution in [0.4, 0.5) is 15.9 Å². The van der Waals surface area contributed by atoms with Gasteiger partial charge in [-0.25, -0.2) is 14.2 Å². The topological polar surface area (TPSA) is 84.7 Å². The van der Waals surface area contributed by atoms with Crippen molar-refractivity contribution in [2.75, 3.05) is 19.0 Å². The first kappa shape index (κ1) is 19.1. The van der Waals surface area contributed by atoms with Gasteiger partial charge in [0.1, 0.15) is 23.0 Å². The van der Waals surface area contributed by atoms with Crippen molar-refractivity contribution in [3.8, 4) is 0 Å². The van der Waals surface area contributed by atoms with Gasteiger partial charge in [0.05, 0.1) is 18.5 Å². The Kier molecular flexibility index (Phi) is 6.01. The molecule has 0 saturated carbocycles. The van der Waals surface area contributed by atoms with Crippen LogP contribution in [0, 0.1) is 5.82 Å². The molecular formula is C20H18FN3O4. The average molecular weight is 383 g/mol. The molecule has 0 aliphatic carbocycles. The van der Waals surface area contributed by atoms with E-state index in [2.05, 4.69) is 10.3 Å². The maximum absolute atomic E-state index is 13.8. The van der Waals surface area contributed by atoms with Crippen LogP contribution in [0.5, 0.6) is 0 Å². The van der Waals surface area contributed by atoms with E-state index in [1.807, 2.05) is 0 Å². The van der Waals surface area contributed by atoms with E-state index in [0.29, 0.717) is 5.76 Å². The molecule has 0 radical (unpaired) electrons. The number of ether oxygens (including phenoxy) is 1. The first-order chi connectivity index (χ1) is 13.5. The minimum atomic E-state index is -0.744. The molecule has 7 nitrogen and oxygen atoms in total. The third kappa shape index (κ3) is 4.73. The number of nitrogens with one attached hydrogen (secondary N) is 1. The number of furan rings is 1. The Bertz CT molecular complexity index is 960. The van der Waals surface area contributed by atoms with Crippen LogP contribution in [0.1, 0.15) is 16.1 Å². The van der Waals surface area contributed by atoms with Gasteiger partial charge in [0.2, 0.25) is 0 Å². The molecule has 2 aromatic heterocycles. The number of hydrogen-bond donors (Lipinski definition) is 1. The fourth-order valence-electron chi connectivity index (χ4n) is 2.40. The van der Waals surface area contributed by atoms with Gasteiger partial charge in [-0.3, -0.25) is 4.79 Å². The quantitative estimate of drug-likeness (QED) is 0.630. The molecule has 8 heteroatoms. The molecule has 1 amide bonds. The smallest absolute Gasteiger partial charge is 0.342 e. The second-order valence-electron chi connectivity index (χ2n) is 5.91. The minimum Gasteiger partial charge on any atom is -0.467 e. The van der Waals surface area contributed by atoms with Crippen LogP contribution in [0.15, 0.2) is 65.4 Å². The zero-order valence-corrected chi connectivity index (χ0v) is 15.1. The van der Waals surface area contributed by atoms with Gasteiger partial charge in [-0.1, -0.05) is 12.1 Å². The maximum Gasteiger partial charge on any atom is 0.342 e. The monoisotopic (exact) mass is 383 g/mol. The molecule has 144 valence electrons. The van der Waals surface area contributed by atoms with Gasteiger partial charge in [-0.05, 0) is 36.4 Å². The van der Waals surface area contributed by atoms with Crippen LogP contribution in [-0.4, -0.2) is 35.4 Å². The highest BCUT2D eigenvalue weighted by molar-refractivity contribution is 5.96. The van der Waals surface area contributed by atoms with E-state index >= 15 is 0 Å². The largest absolute Gasteiger partial charge is 0.467 e. The highest BCUT2D eigenvalue weighted by Gasteiger charge is 2.18. The highest BCUT2D eigenvalue weighted by Crippen LogP contribution is 2.21. The van der Waals surface area contributed by atoms with Crippen molar-refractivity contribution in [2.45, 2.75) is 6.54 Å². The maximum atomic E-state index is 13.8. The number of amides is 1. The Morgan fingerprint density at radius 3 is 2.75 bits per heavy atom. The molecule has 0 aliphatic rings. The van der Waals surface area contributed by atoms with E-state index in [1.54, 1.807) is 37.4 Å². The number of halogens is 1. The molecule has 0 bridgehead atoms. The lowest BCUT2D eigenvalue weighted by Crippen LogP contribution is -2.30. The number of aromatic nitrogens is 1. The Balaban J connectivity index is 1.63. The first-order valence-electron chi connectivity index (χ1n) is 8.44. The van der Waals surface area contributed by atoms with Crippen LogP contribution in [0.2, 0.25) is 0 Å². The number of carbonyl (C=O) groups excluding carboxylic acids is 2. The lowest BCUT2D eigenvalue weighted by molar-refractivity contribution is -0.133. The predicted molar refractivity (Wildman–Crippen MR) is 99.4 cm³/mol. The molecule has 2 heterocycles. The van der Waals surface area contributed by atoms with E-state index in [1.165, 1.54) is 35.6 Å². The van der Waals surface area contributed by atoms with Gasteiger partial charge in [0.15, 0.2) is 6.61 Å². The third-order valence-corrected chi connectivity index (χ3v) is 3.88. The number of para-hydroxylation sites is 1.